The fraction of sp³-hybridized carbons (Fsp3) is 0.516. The van der Waals surface area contributed by atoms with Crippen molar-refractivity contribution in [1.29, 1.82) is 0 Å². The first-order valence-electron chi connectivity index (χ1n) is 14.6. The number of rotatable bonds is 7. The lowest BCUT2D eigenvalue weighted by molar-refractivity contribution is -0.198. The Morgan fingerprint density at radius 1 is 1.14 bits per heavy atom. The Bertz CT molecular complexity index is 1520. The van der Waals surface area contributed by atoms with Crippen LogP contribution < -0.4 is 4.90 Å². The standard InChI is InChI=1S/C31H36F4N6O2/c1-19(2)26-17-38(3)9-10-40(26)15-20-12-23-24(25(13-20)31(33,34)35)16-41(29(23)42)22-7-5-6-21(14-22)30(8-11-43-30)27(32)28-37-36-18-39(28)4/h5-7,12-14,18-19,26-27H,8-11,15-17H2,1-4H3/t26-,27+,30+/m1/s1. The van der Waals surface area contributed by atoms with Crippen LogP contribution in [0, 0.1) is 5.92 Å². The van der Waals surface area contributed by atoms with Gasteiger partial charge >= 0.3 is 6.18 Å². The number of aryl methyl sites for hydroxylation is 1. The summed E-state index contributed by atoms with van der Waals surface area (Å²) in [5.41, 5.74) is -0.755. The molecule has 2 saturated heterocycles. The van der Waals surface area contributed by atoms with Crippen molar-refractivity contribution in [3.05, 3.63) is 76.4 Å². The molecule has 3 atom stereocenters. The number of likely N-dealkylation sites (N-methyl/N-ethyl adjacent to an activating group) is 1. The van der Waals surface area contributed by atoms with Crippen molar-refractivity contribution < 1.29 is 27.1 Å². The van der Waals surface area contributed by atoms with E-state index in [-0.39, 0.29) is 29.5 Å². The summed E-state index contributed by atoms with van der Waals surface area (Å²) >= 11 is 0. The number of nitrogens with zero attached hydrogens (tertiary/aromatic N) is 6. The van der Waals surface area contributed by atoms with Crippen LogP contribution >= 0.6 is 0 Å². The summed E-state index contributed by atoms with van der Waals surface area (Å²) in [6.07, 6.45) is -4.47. The zero-order valence-electron chi connectivity index (χ0n) is 24.7. The molecule has 3 aliphatic heterocycles. The molecule has 3 aromatic rings. The molecule has 0 N–H and O–H groups in total. The molecule has 0 spiro atoms. The number of halogens is 4. The van der Waals surface area contributed by atoms with E-state index in [0.717, 1.165) is 19.6 Å². The topological polar surface area (TPSA) is 66.7 Å². The predicted octanol–water partition coefficient (Wildman–Crippen LogP) is 5.09. The third kappa shape index (κ3) is 5.23. The second kappa shape index (κ2) is 11.0. The Morgan fingerprint density at radius 3 is 2.53 bits per heavy atom. The molecule has 6 rings (SSSR count). The van der Waals surface area contributed by atoms with Gasteiger partial charge < -0.3 is 19.1 Å². The highest BCUT2D eigenvalue weighted by Gasteiger charge is 2.51. The molecule has 0 unspecified atom stereocenters. The summed E-state index contributed by atoms with van der Waals surface area (Å²) in [7, 11) is 3.69. The van der Waals surface area contributed by atoms with E-state index in [1.165, 1.54) is 21.9 Å². The molecule has 2 aromatic carbocycles. The fourth-order valence-electron chi connectivity index (χ4n) is 6.64. The summed E-state index contributed by atoms with van der Waals surface area (Å²) in [5.74, 6) is -0.0756. The van der Waals surface area contributed by atoms with Gasteiger partial charge in [0.15, 0.2) is 12.0 Å². The summed E-state index contributed by atoms with van der Waals surface area (Å²) in [4.78, 5) is 19.5. The van der Waals surface area contributed by atoms with Crippen molar-refractivity contribution in [3.8, 4) is 0 Å². The molecule has 0 saturated carbocycles. The van der Waals surface area contributed by atoms with E-state index in [1.807, 2.05) is 0 Å². The molecule has 43 heavy (non-hydrogen) atoms. The largest absolute Gasteiger partial charge is 0.416 e. The number of aromatic nitrogens is 3. The molecule has 1 aromatic heterocycles. The van der Waals surface area contributed by atoms with Crippen molar-refractivity contribution >= 4 is 11.6 Å². The smallest absolute Gasteiger partial charge is 0.367 e. The number of carbonyl (C=O) groups is 1. The van der Waals surface area contributed by atoms with E-state index < -0.39 is 29.4 Å². The highest BCUT2D eigenvalue weighted by atomic mass is 19.4. The maximum Gasteiger partial charge on any atom is 0.416 e. The predicted molar refractivity (Wildman–Crippen MR) is 152 cm³/mol. The first-order chi connectivity index (χ1) is 20.4. The van der Waals surface area contributed by atoms with Crippen LogP contribution in [0.3, 0.4) is 0 Å². The van der Waals surface area contributed by atoms with Crippen LogP contribution in [-0.2, 0) is 36.7 Å². The van der Waals surface area contributed by atoms with E-state index in [9.17, 15) is 18.0 Å². The summed E-state index contributed by atoms with van der Waals surface area (Å²) in [6, 6.07) is 9.68. The van der Waals surface area contributed by atoms with Gasteiger partial charge in [-0.1, -0.05) is 26.0 Å². The Balaban J connectivity index is 1.32. The maximum atomic E-state index is 15.9. The van der Waals surface area contributed by atoms with Gasteiger partial charge in [0.1, 0.15) is 11.9 Å². The molecule has 1 amide bonds. The first kappa shape index (κ1) is 29.7. The van der Waals surface area contributed by atoms with Gasteiger partial charge in [0.25, 0.3) is 5.91 Å². The van der Waals surface area contributed by atoms with Gasteiger partial charge in [-0.15, -0.1) is 10.2 Å². The fourth-order valence-corrected chi connectivity index (χ4v) is 6.64. The molecule has 230 valence electrons. The van der Waals surface area contributed by atoms with Crippen LogP contribution in [0.15, 0.2) is 42.7 Å². The number of ether oxygens (including phenoxy) is 1. The SMILES string of the molecule is CC(C)[C@H]1CN(C)CCN1Cc1cc2c(c(C(F)(F)F)c1)CN(c1cccc([C@]3([C@@H](F)c4nncn4C)CCO3)c1)C2=O. The Labute approximate surface area is 248 Å². The van der Waals surface area contributed by atoms with E-state index in [0.29, 0.717) is 42.3 Å². The number of carbonyl (C=O) groups excluding carboxylic acids is 1. The van der Waals surface area contributed by atoms with Crippen LogP contribution in [0.25, 0.3) is 0 Å². The van der Waals surface area contributed by atoms with Crippen molar-refractivity contribution in [1.82, 2.24) is 24.6 Å². The average molecular weight is 601 g/mol. The average Bonchev–Trinajstić information content (AvgIpc) is 3.51. The van der Waals surface area contributed by atoms with Crippen LogP contribution in [0.1, 0.15) is 64.9 Å². The van der Waals surface area contributed by atoms with Gasteiger partial charge in [0.2, 0.25) is 0 Å². The number of anilines is 1. The number of alkyl halides is 4. The van der Waals surface area contributed by atoms with Gasteiger partial charge in [-0.2, -0.15) is 13.2 Å². The van der Waals surface area contributed by atoms with Gasteiger partial charge in [-0.3, -0.25) is 9.69 Å². The molecule has 3 aliphatic rings. The van der Waals surface area contributed by atoms with Crippen molar-refractivity contribution in [2.24, 2.45) is 13.0 Å². The molecular formula is C31H36F4N6O2. The Morgan fingerprint density at radius 2 is 1.91 bits per heavy atom. The molecule has 12 heteroatoms. The monoisotopic (exact) mass is 600 g/mol. The molecule has 8 nitrogen and oxygen atoms in total. The Hall–Kier alpha value is -3.35. The van der Waals surface area contributed by atoms with Crippen molar-refractivity contribution in [2.75, 3.05) is 38.2 Å². The van der Waals surface area contributed by atoms with Gasteiger partial charge in [0.05, 0.1) is 18.7 Å². The van der Waals surface area contributed by atoms with E-state index in [2.05, 4.69) is 40.9 Å². The second-order valence-corrected chi connectivity index (χ2v) is 12.3. The molecule has 0 aliphatic carbocycles. The van der Waals surface area contributed by atoms with Gasteiger partial charge in [-0.05, 0) is 53.9 Å². The zero-order chi connectivity index (χ0) is 30.7. The molecular weight excluding hydrogens is 564 g/mol. The highest BCUT2D eigenvalue weighted by molar-refractivity contribution is 6.10. The third-order valence-electron chi connectivity index (χ3n) is 9.16. The first-order valence-corrected chi connectivity index (χ1v) is 14.6. The lowest BCUT2D eigenvalue weighted by Gasteiger charge is -2.44. The second-order valence-electron chi connectivity index (χ2n) is 12.3. The summed E-state index contributed by atoms with van der Waals surface area (Å²) in [5, 5.41) is 7.69. The number of fused-ring (bicyclic) bond motifs is 1. The zero-order valence-corrected chi connectivity index (χ0v) is 24.7. The lowest BCUT2D eigenvalue weighted by atomic mass is 9.81. The molecule has 0 radical (unpaired) electrons. The van der Waals surface area contributed by atoms with Gasteiger partial charge in [-0.25, -0.2) is 4.39 Å². The van der Waals surface area contributed by atoms with Gasteiger partial charge in [0, 0.05) is 56.9 Å². The molecule has 2 fully saturated rings. The van der Waals surface area contributed by atoms with Crippen LogP contribution in [0.2, 0.25) is 0 Å². The van der Waals surface area contributed by atoms with Crippen LogP contribution in [0.4, 0.5) is 23.2 Å². The minimum absolute atomic E-state index is 0.0394. The van der Waals surface area contributed by atoms with Crippen LogP contribution in [0.5, 0.6) is 0 Å². The van der Waals surface area contributed by atoms with E-state index in [4.69, 9.17) is 4.74 Å². The van der Waals surface area contributed by atoms with Crippen molar-refractivity contribution in [2.45, 2.75) is 57.3 Å². The van der Waals surface area contributed by atoms with Crippen molar-refractivity contribution in [3.63, 3.8) is 0 Å². The highest BCUT2D eigenvalue weighted by Crippen LogP contribution is 2.50. The lowest BCUT2D eigenvalue weighted by Crippen LogP contribution is -2.53. The van der Waals surface area contributed by atoms with E-state index in [1.54, 1.807) is 37.4 Å². The maximum absolute atomic E-state index is 15.9. The quantitative estimate of drug-likeness (QED) is 0.352. The number of amides is 1. The van der Waals surface area contributed by atoms with E-state index >= 15 is 4.39 Å². The number of benzene rings is 2. The summed E-state index contributed by atoms with van der Waals surface area (Å²) < 4.78 is 66.4. The normalized spacial score (nSPS) is 24.0. The number of hydrogen-bond acceptors (Lipinski definition) is 6. The molecule has 4 heterocycles. The van der Waals surface area contributed by atoms with Crippen LogP contribution in [-0.4, -0.2) is 69.8 Å². The number of piperazine rings is 1. The summed E-state index contributed by atoms with van der Waals surface area (Å²) in [6.45, 7) is 7.07. The minimum atomic E-state index is -4.63. The molecule has 0 bridgehead atoms. The minimum Gasteiger partial charge on any atom is -0.367 e. The third-order valence-corrected chi connectivity index (χ3v) is 9.16. The Kier molecular flexibility index (Phi) is 7.58. The number of hydrogen-bond donors (Lipinski definition) is 0.